The molecule has 2 aromatic rings. The van der Waals surface area contributed by atoms with Gasteiger partial charge in [-0.1, -0.05) is 12.1 Å². The lowest BCUT2D eigenvalue weighted by atomic mass is 10.1. The van der Waals surface area contributed by atoms with Crippen LogP contribution >= 0.6 is 11.6 Å². The summed E-state index contributed by atoms with van der Waals surface area (Å²) in [6, 6.07) is 11.1. The van der Waals surface area contributed by atoms with Gasteiger partial charge in [0.25, 0.3) is 5.69 Å². The number of halogens is 1. The molecule has 0 fully saturated rings. The Morgan fingerprint density at radius 1 is 1.11 bits per heavy atom. The minimum Gasteiger partial charge on any atom is -0.350 e. The second-order valence-corrected chi connectivity index (χ2v) is 9.11. The first kappa shape index (κ1) is 21.1. The predicted molar refractivity (Wildman–Crippen MR) is 107 cm³/mol. The van der Waals surface area contributed by atoms with Gasteiger partial charge >= 0.3 is 0 Å². The van der Waals surface area contributed by atoms with E-state index in [-0.39, 0.29) is 16.3 Å². The second-order valence-electron chi connectivity index (χ2n) is 7.05. The number of nitro groups is 1. The zero-order valence-electron chi connectivity index (χ0n) is 15.3. The standard InChI is InChI=1S/C18H22ClN3O4S/c1-18(2,3)21-27(25,26)15-8-9-16(17(12-15)22(23)24)20-14-6-4-13(5-7-14)10-11-19/h4-9,12,20-21H,10-11H2,1-3H3. The van der Waals surface area contributed by atoms with Crippen LogP contribution in [0.4, 0.5) is 17.1 Å². The Bertz CT molecular complexity index is 923. The molecule has 0 aliphatic heterocycles. The number of nitro benzene ring substituents is 1. The van der Waals surface area contributed by atoms with Crippen molar-refractivity contribution in [2.24, 2.45) is 0 Å². The van der Waals surface area contributed by atoms with Crippen molar-refractivity contribution < 1.29 is 13.3 Å². The molecule has 0 heterocycles. The maximum Gasteiger partial charge on any atom is 0.294 e. The van der Waals surface area contributed by atoms with Gasteiger partial charge in [0.2, 0.25) is 10.0 Å². The van der Waals surface area contributed by atoms with Gasteiger partial charge in [0.05, 0.1) is 9.82 Å². The highest BCUT2D eigenvalue weighted by atomic mass is 35.5. The topological polar surface area (TPSA) is 101 Å². The molecule has 2 N–H and O–H groups in total. The number of sulfonamides is 1. The summed E-state index contributed by atoms with van der Waals surface area (Å²) >= 11 is 5.71. The molecule has 0 saturated heterocycles. The number of hydrogen-bond donors (Lipinski definition) is 2. The van der Waals surface area contributed by atoms with E-state index >= 15 is 0 Å². The van der Waals surface area contributed by atoms with Crippen LogP contribution in [0.15, 0.2) is 47.4 Å². The number of benzene rings is 2. The molecular weight excluding hydrogens is 390 g/mol. The molecule has 0 unspecified atom stereocenters. The maximum atomic E-state index is 12.4. The van der Waals surface area contributed by atoms with Gasteiger partial charge < -0.3 is 5.32 Å². The summed E-state index contributed by atoms with van der Waals surface area (Å²) in [6.07, 6.45) is 0.731. The van der Waals surface area contributed by atoms with Gasteiger partial charge in [-0.05, 0) is 57.0 Å². The molecule has 0 atom stereocenters. The van der Waals surface area contributed by atoms with E-state index in [4.69, 9.17) is 11.6 Å². The van der Waals surface area contributed by atoms with E-state index < -0.39 is 20.5 Å². The Kier molecular flexibility index (Phi) is 6.46. The van der Waals surface area contributed by atoms with Crippen molar-refractivity contribution >= 4 is 38.7 Å². The summed E-state index contributed by atoms with van der Waals surface area (Å²) in [4.78, 5) is 10.7. The molecule has 0 spiro atoms. The number of rotatable bonds is 7. The third-order valence-electron chi connectivity index (χ3n) is 3.53. The van der Waals surface area contributed by atoms with Crippen LogP contribution in [0.5, 0.6) is 0 Å². The van der Waals surface area contributed by atoms with Crippen molar-refractivity contribution in [2.45, 2.75) is 37.6 Å². The van der Waals surface area contributed by atoms with Gasteiger partial charge in [-0.2, -0.15) is 0 Å². The fourth-order valence-corrected chi connectivity index (χ4v) is 4.07. The van der Waals surface area contributed by atoms with Gasteiger partial charge in [-0.25, -0.2) is 13.1 Å². The largest absolute Gasteiger partial charge is 0.350 e. The van der Waals surface area contributed by atoms with Crippen LogP contribution in [0.1, 0.15) is 26.3 Å². The van der Waals surface area contributed by atoms with Crippen LogP contribution in [0.25, 0.3) is 0 Å². The first-order valence-corrected chi connectivity index (χ1v) is 10.3. The zero-order valence-corrected chi connectivity index (χ0v) is 16.9. The summed E-state index contributed by atoms with van der Waals surface area (Å²) in [5.74, 6) is 0.511. The third kappa shape index (κ3) is 5.92. The zero-order chi connectivity index (χ0) is 20.2. The van der Waals surface area contributed by atoms with Crippen LogP contribution in [-0.2, 0) is 16.4 Å². The number of hydrogen-bond acceptors (Lipinski definition) is 5. The van der Waals surface area contributed by atoms with E-state index in [9.17, 15) is 18.5 Å². The Hall–Kier alpha value is -2.16. The van der Waals surface area contributed by atoms with E-state index in [1.54, 1.807) is 32.9 Å². The highest BCUT2D eigenvalue weighted by Crippen LogP contribution is 2.30. The minimum absolute atomic E-state index is 0.160. The Morgan fingerprint density at radius 3 is 2.26 bits per heavy atom. The first-order chi connectivity index (χ1) is 12.5. The number of alkyl halides is 1. The fourth-order valence-electron chi connectivity index (χ4n) is 2.42. The molecule has 2 rings (SSSR count). The van der Waals surface area contributed by atoms with Crippen molar-refractivity contribution in [3.8, 4) is 0 Å². The lowest BCUT2D eigenvalue weighted by Crippen LogP contribution is -2.40. The molecule has 0 aliphatic rings. The minimum atomic E-state index is -3.87. The predicted octanol–water partition coefficient (Wildman–Crippen LogP) is 4.20. The molecule has 0 aliphatic carbocycles. The van der Waals surface area contributed by atoms with Gasteiger partial charge in [0.1, 0.15) is 5.69 Å². The summed E-state index contributed by atoms with van der Waals surface area (Å²) in [7, 11) is -3.87. The van der Waals surface area contributed by atoms with Crippen molar-refractivity contribution in [3.05, 3.63) is 58.1 Å². The summed E-state index contributed by atoms with van der Waals surface area (Å²) in [6.45, 7) is 5.09. The van der Waals surface area contributed by atoms with Crippen molar-refractivity contribution in [2.75, 3.05) is 11.2 Å². The van der Waals surface area contributed by atoms with Crippen molar-refractivity contribution in [3.63, 3.8) is 0 Å². The molecule has 9 heteroatoms. The Labute approximate surface area is 163 Å². The van der Waals surface area contributed by atoms with Gasteiger partial charge in [0.15, 0.2) is 0 Å². The molecule has 7 nitrogen and oxygen atoms in total. The van der Waals surface area contributed by atoms with E-state index in [0.717, 1.165) is 18.1 Å². The SMILES string of the molecule is CC(C)(C)NS(=O)(=O)c1ccc(Nc2ccc(CCCl)cc2)c([N+](=O)[O-])c1. The van der Waals surface area contributed by atoms with Gasteiger partial charge in [0, 0.05) is 23.2 Å². The van der Waals surface area contributed by atoms with E-state index in [1.165, 1.54) is 12.1 Å². The molecule has 146 valence electrons. The highest BCUT2D eigenvalue weighted by Gasteiger charge is 2.25. The average molecular weight is 412 g/mol. The van der Waals surface area contributed by atoms with Gasteiger partial charge in [-0.15, -0.1) is 11.6 Å². The summed E-state index contributed by atoms with van der Waals surface area (Å²) in [5, 5.41) is 14.4. The second kappa shape index (κ2) is 8.24. The highest BCUT2D eigenvalue weighted by molar-refractivity contribution is 7.89. The Balaban J connectivity index is 2.34. The van der Waals surface area contributed by atoms with Crippen LogP contribution in [0.2, 0.25) is 0 Å². The first-order valence-electron chi connectivity index (χ1n) is 8.26. The average Bonchev–Trinajstić information content (AvgIpc) is 2.54. The van der Waals surface area contributed by atoms with Crippen molar-refractivity contribution in [1.82, 2.24) is 4.72 Å². The molecule has 27 heavy (non-hydrogen) atoms. The van der Waals surface area contributed by atoms with Crippen LogP contribution in [0.3, 0.4) is 0 Å². The van der Waals surface area contributed by atoms with Crippen LogP contribution in [0, 0.1) is 10.1 Å². The molecule has 0 bridgehead atoms. The molecule has 0 saturated carbocycles. The summed E-state index contributed by atoms with van der Waals surface area (Å²) in [5.41, 5.74) is 0.894. The van der Waals surface area contributed by atoms with E-state index in [2.05, 4.69) is 10.0 Å². The van der Waals surface area contributed by atoms with E-state index in [0.29, 0.717) is 11.6 Å². The summed E-state index contributed by atoms with van der Waals surface area (Å²) < 4.78 is 27.3. The molecule has 0 amide bonds. The molecule has 0 aromatic heterocycles. The monoisotopic (exact) mass is 411 g/mol. The maximum absolute atomic E-state index is 12.4. The van der Waals surface area contributed by atoms with Gasteiger partial charge in [-0.3, -0.25) is 10.1 Å². The normalized spacial score (nSPS) is 12.0. The number of nitrogens with one attached hydrogen (secondary N) is 2. The number of nitrogens with zero attached hydrogens (tertiary/aromatic N) is 1. The molecular formula is C18H22ClN3O4S. The van der Waals surface area contributed by atoms with E-state index in [1.807, 2.05) is 12.1 Å². The molecule has 2 aromatic carbocycles. The lowest BCUT2D eigenvalue weighted by Gasteiger charge is -2.20. The smallest absolute Gasteiger partial charge is 0.294 e. The molecule has 0 radical (unpaired) electrons. The van der Waals surface area contributed by atoms with Crippen LogP contribution < -0.4 is 10.0 Å². The number of aryl methyl sites for hydroxylation is 1. The third-order valence-corrected chi connectivity index (χ3v) is 5.48. The quantitative estimate of drug-likeness (QED) is 0.404. The lowest BCUT2D eigenvalue weighted by molar-refractivity contribution is -0.384. The van der Waals surface area contributed by atoms with Crippen molar-refractivity contribution in [1.29, 1.82) is 0 Å². The number of anilines is 2. The van der Waals surface area contributed by atoms with Crippen LogP contribution in [-0.4, -0.2) is 24.8 Å². The fraction of sp³-hybridized carbons (Fsp3) is 0.333. The Morgan fingerprint density at radius 2 is 1.74 bits per heavy atom.